The number of nitrogens with two attached hydrogens (primary N) is 1. The van der Waals surface area contributed by atoms with Gasteiger partial charge in [-0.15, -0.1) is 0 Å². The van der Waals surface area contributed by atoms with Crippen LogP contribution in [-0.4, -0.2) is 13.0 Å². The molecule has 5 nitrogen and oxygen atoms in total. The maximum absolute atomic E-state index is 10.7. The third-order valence-electron chi connectivity index (χ3n) is 1.28. The SMILES string of the molecule is NOc1cc(Cl)cc(S(=O)(=O)O)c1. The van der Waals surface area contributed by atoms with Gasteiger partial charge in [0.1, 0.15) is 5.75 Å². The molecular formula is C6H6ClNO4S. The summed E-state index contributed by atoms with van der Waals surface area (Å²) < 4.78 is 30.0. The van der Waals surface area contributed by atoms with E-state index in [0.29, 0.717) is 0 Å². The summed E-state index contributed by atoms with van der Waals surface area (Å²) in [5, 5.41) is 0.107. The van der Waals surface area contributed by atoms with Crippen molar-refractivity contribution < 1.29 is 17.8 Å². The highest BCUT2D eigenvalue weighted by molar-refractivity contribution is 7.85. The molecule has 72 valence electrons. The maximum Gasteiger partial charge on any atom is 0.294 e. The Hall–Kier alpha value is -0.820. The van der Waals surface area contributed by atoms with Crippen LogP contribution in [0.25, 0.3) is 0 Å². The van der Waals surface area contributed by atoms with Gasteiger partial charge in [-0.2, -0.15) is 14.3 Å². The van der Waals surface area contributed by atoms with Gasteiger partial charge < -0.3 is 4.84 Å². The van der Waals surface area contributed by atoms with Crippen LogP contribution in [0.2, 0.25) is 5.02 Å². The summed E-state index contributed by atoms with van der Waals surface area (Å²) in [6.07, 6.45) is 0. The van der Waals surface area contributed by atoms with Crippen molar-refractivity contribution >= 4 is 21.7 Å². The van der Waals surface area contributed by atoms with E-state index < -0.39 is 10.1 Å². The molecule has 0 aliphatic heterocycles. The Morgan fingerprint density at radius 1 is 1.38 bits per heavy atom. The molecule has 0 amide bonds. The lowest BCUT2D eigenvalue weighted by molar-refractivity contribution is 0.333. The Kier molecular flexibility index (Phi) is 2.77. The summed E-state index contributed by atoms with van der Waals surface area (Å²) in [6, 6.07) is 3.46. The zero-order valence-electron chi connectivity index (χ0n) is 6.27. The van der Waals surface area contributed by atoms with Crippen LogP contribution in [0.5, 0.6) is 5.75 Å². The van der Waals surface area contributed by atoms with Crippen molar-refractivity contribution in [3.8, 4) is 5.75 Å². The summed E-state index contributed by atoms with van der Waals surface area (Å²) in [5.74, 6) is 4.85. The van der Waals surface area contributed by atoms with E-state index in [-0.39, 0.29) is 15.7 Å². The van der Waals surface area contributed by atoms with E-state index in [2.05, 4.69) is 4.84 Å². The summed E-state index contributed by atoms with van der Waals surface area (Å²) in [4.78, 5) is 3.91. The van der Waals surface area contributed by atoms with Crippen LogP contribution >= 0.6 is 11.6 Å². The Balaban J connectivity index is 3.33. The van der Waals surface area contributed by atoms with Crippen LogP contribution in [0, 0.1) is 0 Å². The molecule has 3 N–H and O–H groups in total. The van der Waals surface area contributed by atoms with E-state index >= 15 is 0 Å². The average Bonchev–Trinajstić information content (AvgIpc) is 2.01. The van der Waals surface area contributed by atoms with Gasteiger partial charge in [0, 0.05) is 17.2 Å². The molecule has 0 bridgehead atoms. The van der Waals surface area contributed by atoms with Crippen LogP contribution in [0.4, 0.5) is 0 Å². The molecule has 0 radical (unpaired) electrons. The molecule has 1 aromatic rings. The lowest BCUT2D eigenvalue weighted by Gasteiger charge is -2.01. The van der Waals surface area contributed by atoms with Gasteiger partial charge in [-0.1, -0.05) is 11.6 Å². The normalized spacial score (nSPS) is 11.3. The lowest BCUT2D eigenvalue weighted by Crippen LogP contribution is -2.04. The predicted octanol–water partition coefficient (Wildman–Crippen LogP) is 0.839. The van der Waals surface area contributed by atoms with Crippen LogP contribution in [0.15, 0.2) is 23.1 Å². The van der Waals surface area contributed by atoms with Gasteiger partial charge in [0.05, 0.1) is 4.90 Å². The van der Waals surface area contributed by atoms with E-state index in [0.717, 1.165) is 12.1 Å². The number of halogens is 1. The zero-order valence-corrected chi connectivity index (χ0v) is 7.84. The zero-order chi connectivity index (χ0) is 10.1. The number of hydrogen-bond donors (Lipinski definition) is 2. The van der Waals surface area contributed by atoms with Gasteiger partial charge in [0.25, 0.3) is 10.1 Å². The van der Waals surface area contributed by atoms with Gasteiger partial charge >= 0.3 is 0 Å². The number of hydrogen-bond acceptors (Lipinski definition) is 4. The second-order valence-electron chi connectivity index (χ2n) is 2.22. The molecular weight excluding hydrogens is 218 g/mol. The fourth-order valence-corrected chi connectivity index (χ4v) is 1.58. The Bertz CT molecular complexity index is 417. The van der Waals surface area contributed by atoms with Crippen LogP contribution in [-0.2, 0) is 10.1 Å². The molecule has 0 fully saturated rings. The maximum atomic E-state index is 10.7. The predicted molar refractivity (Wildman–Crippen MR) is 46.1 cm³/mol. The molecule has 0 saturated heterocycles. The molecule has 1 rings (SSSR count). The largest absolute Gasteiger partial charge is 0.411 e. The Labute approximate surface area is 79.8 Å². The van der Waals surface area contributed by atoms with Gasteiger partial charge in [-0.05, 0) is 6.07 Å². The molecule has 0 aromatic heterocycles. The van der Waals surface area contributed by atoms with Crippen molar-refractivity contribution in [2.45, 2.75) is 4.90 Å². The first-order valence-corrected chi connectivity index (χ1v) is 4.90. The highest BCUT2D eigenvalue weighted by Crippen LogP contribution is 2.22. The van der Waals surface area contributed by atoms with Crippen molar-refractivity contribution in [1.29, 1.82) is 0 Å². The van der Waals surface area contributed by atoms with Crippen molar-refractivity contribution in [3.63, 3.8) is 0 Å². The van der Waals surface area contributed by atoms with E-state index in [1.165, 1.54) is 6.07 Å². The molecule has 0 heterocycles. The van der Waals surface area contributed by atoms with Gasteiger partial charge in [0.2, 0.25) is 0 Å². The summed E-state index contributed by atoms with van der Waals surface area (Å²) in [6.45, 7) is 0. The molecule has 0 spiro atoms. The van der Waals surface area contributed by atoms with Gasteiger partial charge in [0.15, 0.2) is 0 Å². The highest BCUT2D eigenvalue weighted by atomic mass is 35.5. The fraction of sp³-hybridized carbons (Fsp3) is 0. The molecule has 0 saturated carbocycles. The van der Waals surface area contributed by atoms with Crippen molar-refractivity contribution in [2.24, 2.45) is 5.90 Å². The van der Waals surface area contributed by atoms with Gasteiger partial charge in [-0.3, -0.25) is 4.55 Å². The molecule has 0 aliphatic rings. The van der Waals surface area contributed by atoms with Crippen LogP contribution in [0.3, 0.4) is 0 Å². The third kappa shape index (κ3) is 2.56. The fourth-order valence-electron chi connectivity index (χ4n) is 0.754. The van der Waals surface area contributed by atoms with E-state index in [1.807, 2.05) is 0 Å². The average molecular weight is 224 g/mol. The monoisotopic (exact) mass is 223 g/mol. The third-order valence-corrected chi connectivity index (χ3v) is 2.33. The topological polar surface area (TPSA) is 89.6 Å². The Morgan fingerprint density at radius 3 is 2.46 bits per heavy atom. The molecule has 0 aliphatic carbocycles. The van der Waals surface area contributed by atoms with E-state index in [9.17, 15) is 8.42 Å². The number of benzene rings is 1. The quantitative estimate of drug-likeness (QED) is 0.573. The Morgan fingerprint density at radius 2 is 2.00 bits per heavy atom. The van der Waals surface area contributed by atoms with Gasteiger partial charge in [-0.25, -0.2) is 0 Å². The minimum Gasteiger partial charge on any atom is -0.411 e. The standard InChI is InChI=1S/C6H6ClNO4S/c7-4-1-5(12-8)3-6(2-4)13(9,10)11/h1-3H,8H2,(H,9,10,11). The minimum absolute atomic E-state index is 0.0557. The highest BCUT2D eigenvalue weighted by Gasteiger charge is 2.11. The van der Waals surface area contributed by atoms with Crippen molar-refractivity contribution in [2.75, 3.05) is 0 Å². The second-order valence-corrected chi connectivity index (χ2v) is 4.07. The second kappa shape index (κ2) is 3.51. The van der Waals surface area contributed by atoms with E-state index in [4.69, 9.17) is 22.1 Å². The molecule has 7 heteroatoms. The number of rotatable bonds is 2. The van der Waals surface area contributed by atoms with Crippen molar-refractivity contribution in [1.82, 2.24) is 0 Å². The van der Waals surface area contributed by atoms with Crippen LogP contribution in [0.1, 0.15) is 0 Å². The molecule has 0 unspecified atom stereocenters. The summed E-state index contributed by atoms with van der Waals surface area (Å²) >= 11 is 5.52. The smallest absolute Gasteiger partial charge is 0.294 e. The molecule has 0 atom stereocenters. The first-order valence-electron chi connectivity index (χ1n) is 3.08. The van der Waals surface area contributed by atoms with Crippen LogP contribution < -0.4 is 10.7 Å². The first kappa shape index (κ1) is 10.3. The summed E-state index contributed by atoms with van der Waals surface area (Å²) in [5.41, 5.74) is 0. The first-order chi connectivity index (χ1) is 5.93. The summed E-state index contributed by atoms with van der Waals surface area (Å²) in [7, 11) is -4.28. The van der Waals surface area contributed by atoms with E-state index in [1.54, 1.807) is 0 Å². The van der Waals surface area contributed by atoms with Crippen molar-refractivity contribution in [3.05, 3.63) is 23.2 Å². The minimum atomic E-state index is -4.28. The molecule has 13 heavy (non-hydrogen) atoms. The lowest BCUT2D eigenvalue weighted by atomic mass is 10.3. The molecule has 1 aromatic carbocycles.